The first-order chi connectivity index (χ1) is 8.40. The third-order valence-corrected chi connectivity index (χ3v) is 4.31. The monoisotopic (exact) mass is 348 g/mol. The zero-order valence-corrected chi connectivity index (χ0v) is 12.4. The van der Waals surface area contributed by atoms with Crippen LogP contribution in [0, 0.1) is 11.5 Å². The van der Waals surface area contributed by atoms with Crippen LogP contribution < -0.4 is 10.5 Å². The Morgan fingerprint density at radius 1 is 1.61 bits per heavy atom. The maximum Gasteiger partial charge on any atom is 0.241 e. The lowest BCUT2D eigenvalue weighted by molar-refractivity contribution is 0.597. The number of primary sulfonamides is 1. The fourth-order valence-corrected chi connectivity index (χ4v) is 3.26. The molecule has 0 unspecified atom stereocenters. The van der Waals surface area contributed by atoms with E-state index in [1.54, 1.807) is 24.6 Å². The Balaban J connectivity index is 3.43. The van der Waals surface area contributed by atoms with Crippen LogP contribution in [0.25, 0.3) is 0 Å². The summed E-state index contributed by atoms with van der Waals surface area (Å²) >= 11 is 4.29. The van der Waals surface area contributed by atoms with E-state index < -0.39 is 10.0 Å². The number of sulfonamides is 1. The maximum atomic E-state index is 11.5. The SMILES string of the molecule is CSC(=Nc1cccc(Br)c1S(N)(=O)=O)NC#N. The van der Waals surface area contributed by atoms with Crippen molar-refractivity contribution < 1.29 is 8.42 Å². The number of nitrogens with one attached hydrogen (secondary N) is 1. The molecular weight excluding hydrogens is 340 g/mol. The Labute approximate surface area is 117 Å². The van der Waals surface area contributed by atoms with E-state index in [-0.39, 0.29) is 15.8 Å². The van der Waals surface area contributed by atoms with E-state index >= 15 is 0 Å². The van der Waals surface area contributed by atoms with Crippen LogP contribution >= 0.6 is 27.7 Å². The van der Waals surface area contributed by atoms with E-state index in [0.717, 1.165) is 0 Å². The van der Waals surface area contributed by atoms with Crippen molar-refractivity contribution in [2.45, 2.75) is 4.90 Å². The minimum atomic E-state index is -3.91. The van der Waals surface area contributed by atoms with Crippen molar-refractivity contribution in [2.24, 2.45) is 10.1 Å². The largest absolute Gasteiger partial charge is 0.271 e. The topological polar surface area (TPSA) is 108 Å². The van der Waals surface area contributed by atoms with Crippen LogP contribution in [0.3, 0.4) is 0 Å². The normalized spacial score (nSPS) is 12.0. The van der Waals surface area contributed by atoms with Gasteiger partial charge in [-0.2, -0.15) is 5.26 Å². The van der Waals surface area contributed by atoms with Crippen LogP contribution in [0.2, 0.25) is 0 Å². The number of nitrogens with two attached hydrogens (primary N) is 1. The first-order valence-corrected chi connectivity index (χ1v) is 8.05. The maximum absolute atomic E-state index is 11.5. The zero-order chi connectivity index (χ0) is 13.8. The first-order valence-electron chi connectivity index (χ1n) is 4.49. The quantitative estimate of drug-likeness (QED) is 0.364. The summed E-state index contributed by atoms with van der Waals surface area (Å²) in [5.41, 5.74) is 0.166. The van der Waals surface area contributed by atoms with Crippen molar-refractivity contribution >= 4 is 48.6 Å². The lowest BCUT2D eigenvalue weighted by atomic mass is 10.3. The molecule has 1 aromatic carbocycles. The molecule has 3 N–H and O–H groups in total. The van der Waals surface area contributed by atoms with Crippen molar-refractivity contribution in [3.63, 3.8) is 0 Å². The zero-order valence-electron chi connectivity index (χ0n) is 9.21. The van der Waals surface area contributed by atoms with Crippen molar-refractivity contribution in [3.05, 3.63) is 22.7 Å². The van der Waals surface area contributed by atoms with E-state index in [1.165, 1.54) is 17.8 Å². The minimum absolute atomic E-state index is 0.115. The predicted molar refractivity (Wildman–Crippen MR) is 74.9 cm³/mol. The Kier molecular flexibility index (Phi) is 5.15. The predicted octanol–water partition coefficient (Wildman–Crippen LogP) is 1.52. The second-order valence-corrected chi connectivity index (χ2v) is 6.14. The molecule has 0 atom stereocenters. The Hall–Kier alpha value is -1.08. The number of thioether (sulfide) groups is 1. The highest BCUT2D eigenvalue weighted by molar-refractivity contribution is 9.10. The molecule has 96 valence electrons. The number of rotatable bonds is 2. The molecule has 18 heavy (non-hydrogen) atoms. The molecule has 9 heteroatoms. The molecule has 0 aliphatic heterocycles. The molecule has 0 bridgehead atoms. The standard InChI is InChI=1S/C9H9BrN4O2S2/c1-17-9(13-5-11)14-7-4-2-3-6(10)8(7)18(12,15)16/h2-4H,1H3,(H,13,14)(H2,12,15,16). The second-order valence-electron chi connectivity index (χ2n) is 2.99. The summed E-state index contributed by atoms with van der Waals surface area (Å²) in [5, 5.41) is 16.3. The number of nitriles is 1. The summed E-state index contributed by atoms with van der Waals surface area (Å²) in [4.78, 5) is 3.94. The van der Waals surface area contributed by atoms with E-state index in [1.807, 2.05) is 0 Å². The summed E-state index contributed by atoms with van der Waals surface area (Å²) in [6.07, 6.45) is 3.42. The van der Waals surface area contributed by atoms with Gasteiger partial charge in [-0.05, 0) is 34.3 Å². The van der Waals surface area contributed by atoms with E-state index in [2.05, 4.69) is 26.2 Å². The molecule has 0 saturated heterocycles. The molecule has 0 heterocycles. The van der Waals surface area contributed by atoms with Crippen LogP contribution in [0.15, 0.2) is 32.6 Å². The van der Waals surface area contributed by atoms with Gasteiger partial charge >= 0.3 is 0 Å². The van der Waals surface area contributed by atoms with Gasteiger partial charge < -0.3 is 0 Å². The van der Waals surface area contributed by atoms with Gasteiger partial charge in [-0.25, -0.2) is 18.5 Å². The van der Waals surface area contributed by atoms with Crippen molar-refractivity contribution in [1.29, 1.82) is 5.26 Å². The third kappa shape index (κ3) is 3.71. The summed E-state index contributed by atoms with van der Waals surface area (Å²) in [7, 11) is -3.91. The molecule has 0 spiro atoms. The molecule has 0 amide bonds. The summed E-state index contributed by atoms with van der Waals surface area (Å²) in [6.45, 7) is 0. The minimum Gasteiger partial charge on any atom is -0.271 e. The molecule has 0 aromatic heterocycles. The van der Waals surface area contributed by atoms with Crippen LogP contribution in [-0.2, 0) is 10.0 Å². The lowest BCUT2D eigenvalue weighted by Gasteiger charge is -2.07. The highest BCUT2D eigenvalue weighted by Gasteiger charge is 2.17. The van der Waals surface area contributed by atoms with E-state index in [0.29, 0.717) is 4.47 Å². The molecule has 0 saturated carbocycles. The number of aliphatic imine (C=N–C) groups is 1. The van der Waals surface area contributed by atoms with Gasteiger partial charge in [0.05, 0.1) is 5.69 Å². The average Bonchev–Trinajstić information content (AvgIpc) is 2.26. The fourth-order valence-electron chi connectivity index (χ4n) is 1.15. The highest BCUT2D eigenvalue weighted by atomic mass is 79.9. The number of hydrogen-bond donors (Lipinski definition) is 2. The molecular formula is C9H9BrN4O2S2. The van der Waals surface area contributed by atoms with Crippen molar-refractivity contribution in [3.8, 4) is 6.19 Å². The number of halogens is 1. The van der Waals surface area contributed by atoms with Gasteiger partial charge in [0.2, 0.25) is 10.0 Å². The molecule has 0 aliphatic rings. The molecule has 0 radical (unpaired) electrons. The number of benzene rings is 1. The first kappa shape index (κ1) is 15.0. The Morgan fingerprint density at radius 2 is 2.28 bits per heavy atom. The van der Waals surface area contributed by atoms with Crippen LogP contribution in [0.5, 0.6) is 0 Å². The van der Waals surface area contributed by atoms with Gasteiger partial charge in [-0.3, -0.25) is 5.32 Å². The Bertz CT molecular complexity index is 622. The molecule has 0 aliphatic carbocycles. The van der Waals surface area contributed by atoms with Crippen molar-refractivity contribution in [2.75, 3.05) is 6.26 Å². The van der Waals surface area contributed by atoms with E-state index in [4.69, 9.17) is 10.4 Å². The average molecular weight is 349 g/mol. The van der Waals surface area contributed by atoms with Crippen LogP contribution in [-0.4, -0.2) is 19.8 Å². The molecule has 6 nitrogen and oxygen atoms in total. The summed E-state index contributed by atoms with van der Waals surface area (Å²) in [6, 6.07) is 4.68. The number of amidine groups is 1. The van der Waals surface area contributed by atoms with Gasteiger partial charge in [-0.15, -0.1) is 0 Å². The van der Waals surface area contributed by atoms with Gasteiger partial charge in [0.25, 0.3) is 0 Å². The van der Waals surface area contributed by atoms with Crippen LogP contribution in [0.1, 0.15) is 0 Å². The van der Waals surface area contributed by atoms with Crippen molar-refractivity contribution in [1.82, 2.24) is 5.32 Å². The van der Waals surface area contributed by atoms with E-state index in [9.17, 15) is 8.42 Å². The Morgan fingerprint density at radius 3 is 2.78 bits per heavy atom. The molecule has 1 aromatic rings. The smallest absolute Gasteiger partial charge is 0.241 e. The second kappa shape index (κ2) is 6.19. The number of hydrogen-bond acceptors (Lipinski definition) is 5. The summed E-state index contributed by atoms with van der Waals surface area (Å²) in [5.74, 6) is 0. The van der Waals surface area contributed by atoms with Gasteiger partial charge in [-0.1, -0.05) is 17.8 Å². The van der Waals surface area contributed by atoms with Gasteiger partial charge in [0.15, 0.2) is 11.4 Å². The number of nitrogens with zero attached hydrogens (tertiary/aromatic N) is 2. The third-order valence-electron chi connectivity index (χ3n) is 1.81. The van der Waals surface area contributed by atoms with Crippen LogP contribution in [0.4, 0.5) is 5.69 Å². The summed E-state index contributed by atoms with van der Waals surface area (Å²) < 4.78 is 23.3. The van der Waals surface area contributed by atoms with Gasteiger partial charge in [0.1, 0.15) is 4.90 Å². The lowest BCUT2D eigenvalue weighted by Crippen LogP contribution is -2.15. The van der Waals surface area contributed by atoms with Gasteiger partial charge in [0, 0.05) is 4.47 Å². The highest BCUT2D eigenvalue weighted by Crippen LogP contribution is 2.31. The molecule has 1 rings (SSSR count). The fraction of sp³-hybridized carbons (Fsp3) is 0.111. The molecule has 0 fully saturated rings.